The average Bonchev–Trinajstić information content (AvgIpc) is 3.42. The predicted molar refractivity (Wildman–Crippen MR) is 197 cm³/mol. The van der Waals surface area contributed by atoms with E-state index < -0.39 is 22.8 Å². The molecule has 2 heterocycles. The van der Waals surface area contributed by atoms with Gasteiger partial charge in [0.05, 0.1) is 12.1 Å². The van der Waals surface area contributed by atoms with Crippen molar-refractivity contribution >= 4 is 17.8 Å². The maximum absolute atomic E-state index is 13.4. The summed E-state index contributed by atoms with van der Waals surface area (Å²) in [5.74, 6) is 0.121. The number of rotatable bonds is 10. The summed E-state index contributed by atoms with van der Waals surface area (Å²) in [6.07, 6.45) is 8.68. The molecule has 5 aromatic rings. The van der Waals surface area contributed by atoms with Gasteiger partial charge in [0.1, 0.15) is 6.04 Å². The van der Waals surface area contributed by atoms with Crippen molar-refractivity contribution in [2.75, 3.05) is 11.6 Å². The molecular weight excluding hydrogens is 603 g/mol. The van der Waals surface area contributed by atoms with Gasteiger partial charge in [-0.3, -0.25) is 19.5 Å². The van der Waals surface area contributed by atoms with Crippen molar-refractivity contribution in [1.29, 1.82) is 0 Å². The van der Waals surface area contributed by atoms with Crippen LogP contribution in [-0.2, 0) is 21.5 Å². The number of Topliss-reactive ketones (excluding diaryl/α,β-unsaturated/α-hetero) is 1. The van der Waals surface area contributed by atoms with Crippen molar-refractivity contribution < 1.29 is 9.59 Å². The zero-order valence-corrected chi connectivity index (χ0v) is 28.5. The molecule has 1 unspecified atom stereocenters. The average molecular weight is 648 g/mol. The fraction of sp³-hybridized carbons (Fsp3) is 0.295. The molecular formula is C44H45N3O2. The van der Waals surface area contributed by atoms with Crippen LogP contribution in [0.3, 0.4) is 0 Å². The first kappa shape index (κ1) is 32.7. The van der Waals surface area contributed by atoms with Gasteiger partial charge < -0.3 is 4.90 Å². The molecule has 2 aliphatic rings. The number of ketones is 1. The number of anilines is 1. The third-order valence-corrected chi connectivity index (χ3v) is 11.0. The lowest BCUT2D eigenvalue weighted by molar-refractivity contribution is -0.131. The molecule has 1 aliphatic heterocycles. The zero-order chi connectivity index (χ0) is 33.8. The van der Waals surface area contributed by atoms with Crippen molar-refractivity contribution in [1.82, 2.24) is 9.88 Å². The Morgan fingerprint density at radius 3 is 1.82 bits per heavy atom. The third kappa shape index (κ3) is 6.13. The molecule has 0 bridgehead atoms. The zero-order valence-electron chi connectivity index (χ0n) is 28.5. The van der Waals surface area contributed by atoms with Crippen LogP contribution in [0.2, 0.25) is 0 Å². The minimum Gasteiger partial charge on any atom is -0.346 e. The molecule has 1 aromatic heterocycles. The lowest BCUT2D eigenvalue weighted by atomic mass is 9.65. The number of carbonyl (C=O) groups excluding carboxylic acids is 2. The van der Waals surface area contributed by atoms with Gasteiger partial charge in [-0.1, -0.05) is 122 Å². The normalized spacial score (nSPS) is 18.3. The molecule has 1 saturated carbocycles. The van der Waals surface area contributed by atoms with E-state index in [1.54, 1.807) is 0 Å². The Bertz CT molecular complexity index is 1770. The SMILES string of the molecule is CC1(C)C(C(=O)C=O)N(c2ccc(C(c3ccccc3)(c3ccccc3)c3ccccc3)cc2)CN1Cc1ccnc(C2CCCCC2)c1. The van der Waals surface area contributed by atoms with Gasteiger partial charge in [-0.2, -0.15) is 0 Å². The molecule has 0 amide bonds. The van der Waals surface area contributed by atoms with Crippen LogP contribution in [0.25, 0.3) is 0 Å². The highest BCUT2D eigenvalue weighted by Gasteiger charge is 2.50. The van der Waals surface area contributed by atoms with E-state index in [1.165, 1.54) is 60.1 Å². The highest BCUT2D eigenvalue weighted by atomic mass is 16.2. The van der Waals surface area contributed by atoms with Crippen LogP contribution in [0.5, 0.6) is 0 Å². The topological polar surface area (TPSA) is 53.5 Å². The van der Waals surface area contributed by atoms with E-state index in [9.17, 15) is 9.59 Å². The molecule has 248 valence electrons. The number of hydrogen-bond acceptors (Lipinski definition) is 5. The number of hydrogen-bond donors (Lipinski definition) is 0. The Morgan fingerprint density at radius 2 is 1.29 bits per heavy atom. The molecule has 0 N–H and O–H groups in total. The van der Waals surface area contributed by atoms with Gasteiger partial charge in [0.15, 0.2) is 6.29 Å². The molecule has 7 rings (SSSR count). The summed E-state index contributed by atoms with van der Waals surface area (Å²) in [4.78, 5) is 34.7. The summed E-state index contributed by atoms with van der Waals surface area (Å²) < 4.78 is 0. The minimum atomic E-state index is -0.613. The van der Waals surface area contributed by atoms with Crippen LogP contribution in [0.15, 0.2) is 134 Å². The predicted octanol–water partition coefficient (Wildman–Crippen LogP) is 8.71. The van der Waals surface area contributed by atoms with Crippen LogP contribution < -0.4 is 4.90 Å². The summed E-state index contributed by atoms with van der Waals surface area (Å²) in [7, 11) is 0. The third-order valence-electron chi connectivity index (χ3n) is 11.0. The van der Waals surface area contributed by atoms with E-state index in [4.69, 9.17) is 4.98 Å². The monoisotopic (exact) mass is 647 g/mol. The molecule has 0 spiro atoms. The van der Waals surface area contributed by atoms with Gasteiger partial charge in [-0.25, -0.2) is 0 Å². The van der Waals surface area contributed by atoms with Crippen molar-refractivity contribution in [2.45, 2.75) is 75.4 Å². The lowest BCUT2D eigenvalue weighted by Gasteiger charge is -2.37. The van der Waals surface area contributed by atoms with E-state index in [1.807, 2.05) is 6.20 Å². The van der Waals surface area contributed by atoms with Gasteiger partial charge in [-0.05, 0) is 78.8 Å². The number of carbonyl (C=O) groups is 2. The molecule has 1 aliphatic carbocycles. The second kappa shape index (κ2) is 13.9. The smallest absolute Gasteiger partial charge is 0.219 e. The Balaban J connectivity index is 1.26. The molecule has 49 heavy (non-hydrogen) atoms. The van der Waals surface area contributed by atoms with Crippen molar-refractivity contribution in [3.05, 3.63) is 167 Å². The van der Waals surface area contributed by atoms with E-state index in [0.29, 0.717) is 25.4 Å². The fourth-order valence-electron chi connectivity index (χ4n) is 8.45. The summed E-state index contributed by atoms with van der Waals surface area (Å²) in [6, 6.07) is 44.3. The van der Waals surface area contributed by atoms with Crippen LogP contribution in [0, 0.1) is 0 Å². The van der Waals surface area contributed by atoms with Crippen LogP contribution >= 0.6 is 0 Å². The number of benzene rings is 4. The largest absolute Gasteiger partial charge is 0.346 e. The lowest BCUT2D eigenvalue weighted by Crippen LogP contribution is -2.51. The summed E-state index contributed by atoms with van der Waals surface area (Å²) >= 11 is 0. The first-order valence-electron chi connectivity index (χ1n) is 17.7. The van der Waals surface area contributed by atoms with Crippen LogP contribution in [0.1, 0.15) is 85.4 Å². The first-order chi connectivity index (χ1) is 23.9. The van der Waals surface area contributed by atoms with E-state index in [-0.39, 0.29) is 0 Å². The molecule has 0 radical (unpaired) electrons. The fourth-order valence-corrected chi connectivity index (χ4v) is 8.45. The minimum absolute atomic E-state index is 0.401. The Kier molecular flexibility index (Phi) is 9.29. The maximum atomic E-state index is 13.4. The number of aldehydes is 1. The van der Waals surface area contributed by atoms with E-state index in [0.717, 1.165) is 11.3 Å². The van der Waals surface area contributed by atoms with Gasteiger partial charge >= 0.3 is 0 Å². The molecule has 5 heteroatoms. The van der Waals surface area contributed by atoms with Crippen LogP contribution in [-0.4, -0.2) is 40.2 Å². The summed E-state index contributed by atoms with van der Waals surface area (Å²) in [5.41, 5.74) is 6.80. The highest BCUT2D eigenvalue weighted by molar-refractivity contribution is 6.28. The molecule has 1 saturated heterocycles. The molecule has 1 atom stereocenters. The number of pyridine rings is 1. The Morgan fingerprint density at radius 1 is 0.755 bits per heavy atom. The summed E-state index contributed by atoms with van der Waals surface area (Å²) in [5, 5.41) is 0. The van der Waals surface area contributed by atoms with Gasteiger partial charge in [0.2, 0.25) is 5.78 Å². The Labute approximate surface area is 290 Å². The molecule has 5 nitrogen and oxygen atoms in total. The standard InChI is InChI=1S/C44H45N3O2/c1-43(2)42(41(49)31-48)47(32-46(43)30-33-27-28-45-40(29-33)34-15-7-3-8-16-34)39-25-23-38(24-26-39)44(35-17-9-4-10-18-35,36-19-11-5-12-20-36)37-21-13-6-14-22-37/h4-6,9-14,17-29,31,34,42H,3,7-8,15-16,30,32H2,1-2H3. The van der Waals surface area contributed by atoms with Crippen LogP contribution in [0.4, 0.5) is 5.69 Å². The van der Waals surface area contributed by atoms with Gasteiger partial charge in [-0.15, -0.1) is 0 Å². The quantitative estimate of drug-likeness (QED) is 0.0863. The first-order valence-corrected chi connectivity index (χ1v) is 17.7. The molecule has 2 fully saturated rings. The molecule has 4 aromatic carbocycles. The number of nitrogens with zero attached hydrogens (tertiary/aromatic N) is 3. The highest BCUT2D eigenvalue weighted by Crippen LogP contribution is 2.46. The van der Waals surface area contributed by atoms with Crippen molar-refractivity contribution in [3.8, 4) is 0 Å². The van der Waals surface area contributed by atoms with E-state index >= 15 is 0 Å². The summed E-state index contributed by atoms with van der Waals surface area (Å²) in [6.45, 7) is 5.37. The van der Waals surface area contributed by atoms with E-state index in [2.05, 4.69) is 151 Å². The Hall–Kier alpha value is -4.87. The van der Waals surface area contributed by atoms with Gasteiger partial charge in [0.25, 0.3) is 0 Å². The maximum Gasteiger partial charge on any atom is 0.219 e. The van der Waals surface area contributed by atoms with Crippen molar-refractivity contribution in [2.24, 2.45) is 0 Å². The second-order valence-electron chi connectivity index (χ2n) is 14.2. The second-order valence-corrected chi connectivity index (χ2v) is 14.2. The van der Waals surface area contributed by atoms with Gasteiger partial charge in [0, 0.05) is 35.6 Å². The van der Waals surface area contributed by atoms with Crippen molar-refractivity contribution in [3.63, 3.8) is 0 Å². The number of aromatic nitrogens is 1.